The molecule has 5 rings (SSSR count). The van der Waals surface area contributed by atoms with E-state index in [2.05, 4.69) is 25.4 Å². The third-order valence-corrected chi connectivity index (χ3v) is 6.53. The Balaban J connectivity index is 1.39. The SMILES string of the molecule is O=C(Nc1ccc(N2CCCCC2)cc1)c1c(O)c2cc(N3CCNCC3)ccc2[nH]c1=O. The highest BCUT2D eigenvalue weighted by atomic mass is 16.3. The Morgan fingerprint density at radius 1 is 0.879 bits per heavy atom. The molecule has 2 aromatic carbocycles. The van der Waals surface area contributed by atoms with Crippen molar-refractivity contribution in [3.63, 3.8) is 0 Å². The summed E-state index contributed by atoms with van der Waals surface area (Å²) in [6, 6.07) is 13.1. The molecule has 1 amide bonds. The zero-order chi connectivity index (χ0) is 22.8. The number of hydrogen-bond donors (Lipinski definition) is 4. The number of amides is 1. The zero-order valence-electron chi connectivity index (χ0n) is 18.6. The van der Waals surface area contributed by atoms with E-state index >= 15 is 0 Å². The molecule has 3 heterocycles. The number of carbonyl (C=O) groups excluding carboxylic acids is 1. The first-order valence-electron chi connectivity index (χ1n) is 11.6. The number of rotatable bonds is 4. The fourth-order valence-corrected chi connectivity index (χ4v) is 4.70. The van der Waals surface area contributed by atoms with E-state index in [1.54, 1.807) is 6.07 Å². The van der Waals surface area contributed by atoms with Gasteiger partial charge >= 0.3 is 0 Å². The van der Waals surface area contributed by atoms with Crippen molar-refractivity contribution in [2.75, 3.05) is 54.4 Å². The first-order valence-corrected chi connectivity index (χ1v) is 11.6. The van der Waals surface area contributed by atoms with E-state index in [9.17, 15) is 14.7 Å². The minimum Gasteiger partial charge on any atom is -0.506 e. The number of pyridine rings is 1. The van der Waals surface area contributed by atoms with Gasteiger partial charge in [-0.15, -0.1) is 0 Å². The summed E-state index contributed by atoms with van der Waals surface area (Å²) in [6.45, 7) is 5.58. The van der Waals surface area contributed by atoms with E-state index in [1.165, 1.54) is 19.3 Å². The van der Waals surface area contributed by atoms with Crippen LogP contribution in [0.1, 0.15) is 29.6 Å². The second-order valence-electron chi connectivity index (χ2n) is 8.69. The molecule has 0 saturated carbocycles. The lowest BCUT2D eigenvalue weighted by molar-refractivity contribution is 0.102. The summed E-state index contributed by atoms with van der Waals surface area (Å²) in [5, 5.41) is 17.4. The highest BCUT2D eigenvalue weighted by Gasteiger charge is 2.21. The molecule has 2 saturated heterocycles. The Bertz CT molecular complexity index is 1210. The van der Waals surface area contributed by atoms with Gasteiger partial charge in [-0.3, -0.25) is 9.59 Å². The van der Waals surface area contributed by atoms with Crippen molar-refractivity contribution in [2.24, 2.45) is 0 Å². The van der Waals surface area contributed by atoms with Crippen LogP contribution in [0.3, 0.4) is 0 Å². The summed E-state index contributed by atoms with van der Waals surface area (Å²) in [5.41, 5.74) is 2.26. The molecule has 0 aliphatic carbocycles. The molecule has 33 heavy (non-hydrogen) atoms. The van der Waals surface area contributed by atoms with Crippen molar-refractivity contribution >= 4 is 33.9 Å². The summed E-state index contributed by atoms with van der Waals surface area (Å²) < 4.78 is 0. The van der Waals surface area contributed by atoms with Gasteiger partial charge in [0.2, 0.25) is 0 Å². The first-order chi connectivity index (χ1) is 16.1. The average Bonchev–Trinajstić information content (AvgIpc) is 2.85. The van der Waals surface area contributed by atoms with Gasteiger partial charge in [0.15, 0.2) is 0 Å². The number of aromatic nitrogens is 1. The maximum atomic E-state index is 13.0. The van der Waals surface area contributed by atoms with Crippen molar-refractivity contribution in [2.45, 2.75) is 19.3 Å². The number of hydrogen-bond acceptors (Lipinski definition) is 6. The van der Waals surface area contributed by atoms with Crippen molar-refractivity contribution in [3.8, 4) is 5.75 Å². The predicted octanol–water partition coefficient (Wildman–Crippen LogP) is 2.89. The Kier molecular flexibility index (Phi) is 5.92. The molecule has 0 atom stereocenters. The van der Waals surface area contributed by atoms with Gasteiger partial charge in [-0.25, -0.2) is 0 Å². The van der Waals surface area contributed by atoms with Crippen LogP contribution < -0.4 is 26.0 Å². The molecule has 3 aromatic rings. The molecule has 172 valence electrons. The van der Waals surface area contributed by atoms with Crippen LogP contribution in [0.15, 0.2) is 47.3 Å². The number of piperazine rings is 1. The van der Waals surface area contributed by atoms with E-state index in [0.717, 1.165) is 50.6 Å². The lowest BCUT2D eigenvalue weighted by Crippen LogP contribution is -2.43. The Hall–Kier alpha value is -3.52. The summed E-state index contributed by atoms with van der Waals surface area (Å²) in [7, 11) is 0. The molecule has 8 nitrogen and oxygen atoms in total. The molecule has 2 fully saturated rings. The van der Waals surface area contributed by atoms with Crippen LogP contribution in [0.2, 0.25) is 0 Å². The predicted molar refractivity (Wildman–Crippen MR) is 132 cm³/mol. The largest absolute Gasteiger partial charge is 0.506 e. The van der Waals surface area contributed by atoms with Gasteiger partial charge in [-0.05, 0) is 61.7 Å². The van der Waals surface area contributed by atoms with Gasteiger partial charge in [0.1, 0.15) is 11.3 Å². The van der Waals surface area contributed by atoms with Crippen molar-refractivity contribution in [1.82, 2.24) is 10.3 Å². The summed E-state index contributed by atoms with van der Waals surface area (Å²) >= 11 is 0. The van der Waals surface area contributed by atoms with Crippen LogP contribution in [0, 0.1) is 0 Å². The monoisotopic (exact) mass is 447 g/mol. The second-order valence-corrected chi connectivity index (χ2v) is 8.69. The fraction of sp³-hybridized carbons (Fsp3) is 0.360. The highest BCUT2D eigenvalue weighted by Crippen LogP contribution is 2.30. The topological polar surface area (TPSA) is 101 Å². The maximum Gasteiger partial charge on any atom is 0.265 e. The lowest BCUT2D eigenvalue weighted by atomic mass is 10.1. The Morgan fingerprint density at radius 2 is 1.55 bits per heavy atom. The van der Waals surface area contributed by atoms with Crippen LogP contribution >= 0.6 is 0 Å². The highest BCUT2D eigenvalue weighted by molar-refractivity contribution is 6.09. The van der Waals surface area contributed by atoms with Gasteiger partial charge in [-0.2, -0.15) is 0 Å². The zero-order valence-corrected chi connectivity index (χ0v) is 18.6. The number of nitrogens with zero attached hydrogens (tertiary/aromatic N) is 2. The molecule has 0 unspecified atom stereocenters. The summed E-state index contributed by atoms with van der Waals surface area (Å²) in [5.74, 6) is -0.929. The molecule has 4 N–H and O–H groups in total. The van der Waals surface area contributed by atoms with E-state index in [-0.39, 0.29) is 11.3 Å². The van der Waals surface area contributed by atoms with Crippen LogP contribution in [0.5, 0.6) is 5.75 Å². The third kappa shape index (κ3) is 4.39. The van der Waals surface area contributed by atoms with Crippen LogP contribution in [0.25, 0.3) is 10.9 Å². The van der Waals surface area contributed by atoms with Gasteiger partial charge in [-0.1, -0.05) is 0 Å². The van der Waals surface area contributed by atoms with Crippen LogP contribution in [0.4, 0.5) is 17.1 Å². The number of anilines is 3. The molecule has 2 aliphatic heterocycles. The normalized spacial score (nSPS) is 16.7. The van der Waals surface area contributed by atoms with Gasteiger partial charge in [0.25, 0.3) is 11.5 Å². The standard InChI is InChI=1S/C25H29N5O3/c31-23-20-16-19(30-14-10-26-11-15-30)8-9-21(20)28-25(33)22(23)24(32)27-17-4-6-18(7-5-17)29-12-2-1-3-13-29/h4-9,16,26H,1-3,10-15H2,(H,27,32)(H2,28,31,33). The van der Waals surface area contributed by atoms with Crippen LogP contribution in [-0.4, -0.2) is 55.3 Å². The third-order valence-electron chi connectivity index (χ3n) is 6.53. The number of nitrogens with one attached hydrogen (secondary N) is 3. The number of aromatic amines is 1. The molecule has 0 spiro atoms. The summed E-state index contributed by atoms with van der Waals surface area (Å²) in [4.78, 5) is 32.9. The molecular weight excluding hydrogens is 418 g/mol. The number of H-pyrrole nitrogens is 1. The smallest absolute Gasteiger partial charge is 0.265 e. The minimum atomic E-state index is -0.631. The first kappa shape index (κ1) is 21.3. The minimum absolute atomic E-state index is 0.278. The second kappa shape index (κ2) is 9.15. The van der Waals surface area contributed by atoms with Gasteiger partial charge in [0, 0.05) is 61.7 Å². The van der Waals surface area contributed by atoms with E-state index < -0.39 is 11.5 Å². The average molecular weight is 448 g/mol. The van der Waals surface area contributed by atoms with E-state index in [0.29, 0.717) is 16.6 Å². The Labute approximate surface area is 192 Å². The number of fused-ring (bicyclic) bond motifs is 1. The van der Waals surface area contributed by atoms with Crippen molar-refractivity contribution in [3.05, 3.63) is 58.4 Å². The number of benzene rings is 2. The number of carbonyl (C=O) groups is 1. The van der Waals surface area contributed by atoms with E-state index in [4.69, 9.17) is 0 Å². The van der Waals surface area contributed by atoms with Gasteiger partial charge in [0.05, 0.1) is 5.52 Å². The number of aromatic hydroxyl groups is 1. The van der Waals surface area contributed by atoms with Gasteiger partial charge < -0.3 is 30.5 Å². The number of piperidine rings is 1. The molecular formula is C25H29N5O3. The molecule has 0 radical (unpaired) electrons. The molecule has 1 aromatic heterocycles. The quantitative estimate of drug-likeness (QED) is 0.491. The lowest BCUT2D eigenvalue weighted by Gasteiger charge is -2.29. The van der Waals surface area contributed by atoms with Crippen molar-refractivity contribution < 1.29 is 9.90 Å². The van der Waals surface area contributed by atoms with Crippen molar-refractivity contribution in [1.29, 1.82) is 0 Å². The van der Waals surface area contributed by atoms with Crippen LogP contribution in [-0.2, 0) is 0 Å². The Morgan fingerprint density at radius 3 is 2.27 bits per heavy atom. The van der Waals surface area contributed by atoms with E-state index in [1.807, 2.05) is 36.4 Å². The molecule has 0 bridgehead atoms. The molecule has 2 aliphatic rings. The summed E-state index contributed by atoms with van der Waals surface area (Å²) in [6.07, 6.45) is 3.66. The maximum absolute atomic E-state index is 13.0. The molecule has 8 heteroatoms. The fourth-order valence-electron chi connectivity index (χ4n) is 4.70.